The van der Waals surface area contributed by atoms with E-state index in [0.717, 1.165) is 5.69 Å². The molecule has 0 saturated heterocycles. The zero-order valence-corrected chi connectivity index (χ0v) is 9.66. The number of rotatable bonds is 3. The van der Waals surface area contributed by atoms with Crippen molar-refractivity contribution in [1.29, 1.82) is 0 Å². The molecule has 0 fully saturated rings. The van der Waals surface area contributed by atoms with E-state index in [-0.39, 0.29) is 11.4 Å². The van der Waals surface area contributed by atoms with Gasteiger partial charge in [-0.05, 0) is 25.1 Å². The smallest absolute Gasteiger partial charge is 0.292 e. The van der Waals surface area contributed by atoms with Gasteiger partial charge < -0.3 is 10.5 Å². The summed E-state index contributed by atoms with van der Waals surface area (Å²) in [5, 5.41) is 10.6. The molecule has 0 atom stereocenters. The Balaban J connectivity index is 2.22. The quantitative estimate of drug-likeness (QED) is 0.510. The maximum Gasteiger partial charge on any atom is 0.292 e. The van der Waals surface area contributed by atoms with Gasteiger partial charge in [-0.25, -0.2) is 0 Å². The number of nitro benzene ring substituents is 1. The number of nitrogens with zero attached hydrogens (tertiary/aromatic N) is 2. The van der Waals surface area contributed by atoms with E-state index in [9.17, 15) is 10.1 Å². The molecule has 92 valence electrons. The number of nitro groups is 1. The molecule has 0 radical (unpaired) electrons. The molecule has 18 heavy (non-hydrogen) atoms. The zero-order chi connectivity index (χ0) is 13.1. The van der Waals surface area contributed by atoms with E-state index in [1.54, 1.807) is 12.3 Å². The van der Waals surface area contributed by atoms with Crippen LogP contribution in [-0.2, 0) is 0 Å². The third-order valence-corrected chi connectivity index (χ3v) is 2.32. The van der Waals surface area contributed by atoms with Crippen LogP contribution in [0.4, 0.5) is 11.4 Å². The summed E-state index contributed by atoms with van der Waals surface area (Å²) in [6.45, 7) is 1.87. The van der Waals surface area contributed by atoms with Crippen molar-refractivity contribution >= 4 is 11.4 Å². The van der Waals surface area contributed by atoms with Gasteiger partial charge in [0.05, 0.1) is 11.1 Å². The number of benzene rings is 1. The van der Waals surface area contributed by atoms with Crippen molar-refractivity contribution in [1.82, 2.24) is 4.98 Å². The highest BCUT2D eigenvalue weighted by Crippen LogP contribution is 2.28. The zero-order valence-electron chi connectivity index (χ0n) is 9.66. The van der Waals surface area contributed by atoms with E-state index in [4.69, 9.17) is 10.5 Å². The van der Waals surface area contributed by atoms with E-state index in [0.29, 0.717) is 11.5 Å². The van der Waals surface area contributed by atoms with Crippen LogP contribution in [0.2, 0.25) is 0 Å². The minimum atomic E-state index is -0.535. The Hall–Kier alpha value is -2.63. The number of nitrogens with two attached hydrogens (primary N) is 1. The van der Waals surface area contributed by atoms with E-state index >= 15 is 0 Å². The maximum absolute atomic E-state index is 10.6. The molecule has 2 N–H and O–H groups in total. The van der Waals surface area contributed by atoms with E-state index in [2.05, 4.69) is 4.98 Å². The fraction of sp³-hybridized carbons (Fsp3) is 0.0833. The summed E-state index contributed by atoms with van der Waals surface area (Å²) >= 11 is 0. The van der Waals surface area contributed by atoms with Crippen LogP contribution in [0.1, 0.15) is 5.69 Å². The minimum absolute atomic E-state index is 0.0672. The maximum atomic E-state index is 10.6. The first-order valence-electron chi connectivity index (χ1n) is 5.20. The van der Waals surface area contributed by atoms with Crippen LogP contribution < -0.4 is 10.5 Å². The number of aromatic nitrogens is 1. The van der Waals surface area contributed by atoms with Crippen LogP contribution in [-0.4, -0.2) is 9.91 Å². The van der Waals surface area contributed by atoms with Crippen LogP contribution in [0.3, 0.4) is 0 Å². The number of hydrogen-bond donors (Lipinski definition) is 1. The summed E-state index contributed by atoms with van der Waals surface area (Å²) in [6.07, 6.45) is 1.58. The number of pyridine rings is 1. The highest BCUT2D eigenvalue weighted by Gasteiger charge is 2.11. The topological polar surface area (TPSA) is 91.3 Å². The lowest BCUT2D eigenvalue weighted by molar-refractivity contribution is -0.383. The Bertz CT molecular complexity index is 582. The molecule has 1 heterocycles. The number of hydrogen-bond acceptors (Lipinski definition) is 5. The highest BCUT2D eigenvalue weighted by molar-refractivity contribution is 5.61. The average molecular weight is 245 g/mol. The molecule has 0 saturated carbocycles. The number of nitrogen functional groups attached to an aromatic ring is 1. The molecular formula is C12H11N3O3. The lowest BCUT2D eigenvalue weighted by atomic mass is 10.2. The first-order valence-corrected chi connectivity index (χ1v) is 5.20. The predicted octanol–water partition coefficient (Wildman–Crippen LogP) is 2.67. The lowest BCUT2D eigenvalue weighted by Gasteiger charge is -2.06. The van der Waals surface area contributed by atoms with Crippen LogP contribution in [0.25, 0.3) is 0 Å². The molecule has 0 spiro atoms. The summed E-state index contributed by atoms with van der Waals surface area (Å²) < 4.78 is 5.48. The van der Waals surface area contributed by atoms with Gasteiger partial charge in [0.15, 0.2) is 0 Å². The Morgan fingerprint density at radius 2 is 2.00 bits per heavy atom. The summed E-state index contributed by atoms with van der Waals surface area (Å²) in [5.74, 6) is 0.984. The van der Waals surface area contributed by atoms with Gasteiger partial charge in [-0.1, -0.05) is 0 Å². The van der Waals surface area contributed by atoms with Crippen molar-refractivity contribution in [2.24, 2.45) is 0 Å². The monoisotopic (exact) mass is 245 g/mol. The molecule has 0 aliphatic rings. The number of aryl methyl sites for hydroxylation is 1. The first-order chi connectivity index (χ1) is 8.56. The van der Waals surface area contributed by atoms with Crippen LogP contribution >= 0.6 is 0 Å². The van der Waals surface area contributed by atoms with Gasteiger partial charge in [-0.15, -0.1) is 0 Å². The fourth-order valence-corrected chi connectivity index (χ4v) is 1.41. The molecule has 0 unspecified atom stereocenters. The predicted molar refractivity (Wildman–Crippen MR) is 66.6 cm³/mol. The van der Waals surface area contributed by atoms with Gasteiger partial charge in [-0.2, -0.15) is 0 Å². The second kappa shape index (κ2) is 4.70. The van der Waals surface area contributed by atoms with Gasteiger partial charge in [0.1, 0.15) is 17.2 Å². The Morgan fingerprint density at radius 1 is 1.28 bits per heavy atom. The van der Waals surface area contributed by atoms with Crippen molar-refractivity contribution in [2.45, 2.75) is 6.92 Å². The van der Waals surface area contributed by atoms with E-state index in [1.165, 1.54) is 18.2 Å². The van der Waals surface area contributed by atoms with Crippen molar-refractivity contribution in [2.75, 3.05) is 5.73 Å². The van der Waals surface area contributed by atoms with Gasteiger partial charge in [-0.3, -0.25) is 15.1 Å². The molecule has 6 heteroatoms. The second-order valence-electron chi connectivity index (χ2n) is 3.72. The third-order valence-electron chi connectivity index (χ3n) is 2.32. The molecule has 2 aromatic rings. The minimum Gasteiger partial charge on any atom is -0.456 e. The largest absolute Gasteiger partial charge is 0.456 e. The second-order valence-corrected chi connectivity index (χ2v) is 3.72. The molecular weight excluding hydrogens is 234 g/mol. The number of anilines is 1. The van der Waals surface area contributed by atoms with Crippen LogP contribution in [0.15, 0.2) is 36.5 Å². The molecule has 1 aromatic heterocycles. The fourth-order valence-electron chi connectivity index (χ4n) is 1.41. The van der Waals surface area contributed by atoms with Gasteiger partial charge in [0.2, 0.25) is 0 Å². The Morgan fingerprint density at radius 3 is 2.56 bits per heavy atom. The molecule has 6 nitrogen and oxygen atoms in total. The Kier molecular flexibility index (Phi) is 3.09. The summed E-state index contributed by atoms with van der Waals surface area (Å²) in [5.41, 5.74) is 6.38. The molecule has 0 amide bonds. The van der Waals surface area contributed by atoms with E-state index < -0.39 is 4.92 Å². The van der Waals surface area contributed by atoms with Crippen molar-refractivity contribution < 1.29 is 9.66 Å². The first kappa shape index (κ1) is 11.8. The van der Waals surface area contributed by atoms with Gasteiger partial charge in [0.25, 0.3) is 5.69 Å². The number of ether oxygens (including phenoxy) is 1. The standard InChI is InChI=1S/C12H11N3O3/c1-8-2-3-10(7-14-8)18-9-4-5-12(15(16)17)11(13)6-9/h2-7H,13H2,1H3. The van der Waals surface area contributed by atoms with Crippen molar-refractivity contribution in [3.05, 3.63) is 52.3 Å². The summed E-state index contributed by atoms with van der Waals surface area (Å²) in [6, 6.07) is 7.79. The van der Waals surface area contributed by atoms with Crippen molar-refractivity contribution in [3.63, 3.8) is 0 Å². The molecule has 2 rings (SSSR count). The van der Waals surface area contributed by atoms with Gasteiger partial charge in [0, 0.05) is 17.8 Å². The Labute approximate surface area is 103 Å². The average Bonchev–Trinajstić information content (AvgIpc) is 2.32. The summed E-state index contributed by atoms with van der Waals surface area (Å²) in [7, 11) is 0. The lowest BCUT2D eigenvalue weighted by Crippen LogP contribution is -1.96. The van der Waals surface area contributed by atoms with Crippen LogP contribution in [0, 0.1) is 17.0 Å². The third kappa shape index (κ3) is 2.54. The molecule has 0 aliphatic carbocycles. The summed E-state index contributed by atoms with van der Waals surface area (Å²) in [4.78, 5) is 14.1. The van der Waals surface area contributed by atoms with Gasteiger partial charge >= 0.3 is 0 Å². The van der Waals surface area contributed by atoms with Crippen LogP contribution in [0.5, 0.6) is 11.5 Å². The SMILES string of the molecule is Cc1ccc(Oc2ccc([N+](=O)[O-])c(N)c2)cn1. The highest BCUT2D eigenvalue weighted by atomic mass is 16.6. The molecule has 0 aliphatic heterocycles. The molecule has 1 aromatic carbocycles. The normalized spacial score (nSPS) is 10.1. The van der Waals surface area contributed by atoms with E-state index in [1.807, 2.05) is 13.0 Å². The molecule has 0 bridgehead atoms. The van der Waals surface area contributed by atoms with Crippen molar-refractivity contribution in [3.8, 4) is 11.5 Å².